The van der Waals surface area contributed by atoms with Crippen molar-refractivity contribution >= 4 is 5.91 Å². The first-order valence-corrected chi connectivity index (χ1v) is 9.11. The molecule has 0 aromatic heterocycles. The molecule has 26 heavy (non-hydrogen) atoms. The third kappa shape index (κ3) is 4.40. The summed E-state index contributed by atoms with van der Waals surface area (Å²) in [6.07, 6.45) is 0. The van der Waals surface area contributed by atoms with Gasteiger partial charge in [-0.25, -0.2) is 0 Å². The van der Waals surface area contributed by atoms with E-state index in [0.29, 0.717) is 12.5 Å². The van der Waals surface area contributed by atoms with Crippen LogP contribution in [0.1, 0.15) is 47.9 Å². The molecule has 0 saturated carbocycles. The maximum Gasteiger partial charge on any atom is 0.232 e. The number of hydrogen-bond acceptors (Lipinski definition) is 1. The second-order valence-corrected chi connectivity index (χ2v) is 6.87. The Balaban J connectivity index is 1.76. The number of amides is 1. The van der Waals surface area contributed by atoms with Crippen LogP contribution in [0.15, 0.2) is 84.9 Å². The van der Waals surface area contributed by atoms with Crippen LogP contribution in [0.5, 0.6) is 0 Å². The first kappa shape index (κ1) is 17.9. The van der Waals surface area contributed by atoms with Crippen molar-refractivity contribution < 1.29 is 4.79 Å². The van der Waals surface area contributed by atoms with E-state index >= 15 is 0 Å². The summed E-state index contributed by atoms with van der Waals surface area (Å²) >= 11 is 0. The van der Waals surface area contributed by atoms with E-state index < -0.39 is 0 Å². The lowest BCUT2D eigenvalue weighted by atomic mass is 9.90. The van der Waals surface area contributed by atoms with Crippen LogP contribution in [0, 0.1) is 0 Å². The van der Waals surface area contributed by atoms with Crippen molar-refractivity contribution in [2.45, 2.75) is 32.2 Å². The van der Waals surface area contributed by atoms with Crippen molar-refractivity contribution in [2.75, 3.05) is 0 Å². The van der Waals surface area contributed by atoms with Gasteiger partial charge < -0.3 is 5.32 Å². The van der Waals surface area contributed by atoms with E-state index in [-0.39, 0.29) is 11.8 Å². The Kier molecular flexibility index (Phi) is 5.85. The van der Waals surface area contributed by atoms with Gasteiger partial charge in [0.2, 0.25) is 5.91 Å². The van der Waals surface area contributed by atoms with Crippen LogP contribution in [0.2, 0.25) is 0 Å². The molecule has 0 saturated heterocycles. The van der Waals surface area contributed by atoms with Crippen LogP contribution in [0.3, 0.4) is 0 Å². The first-order valence-electron chi connectivity index (χ1n) is 9.11. The Morgan fingerprint density at radius 3 is 1.69 bits per heavy atom. The van der Waals surface area contributed by atoms with Gasteiger partial charge in [-0.2, -0.15) is 0 Å². The first-order chi connectivity index (χ1) is 12.6. The molecule has 1 N–H and O–H groups in total. The summed E-state index contributed by atoms with van der Waals surface area (Å²) in [7, 11) is 0. The van der Waals surface area contributed by atoms with Gasteiger partial charge >= 0.3 is 0 Å². The number of benzene rings is 3. The highest BCUT2D eigenvalue weighted by Crippen LogP contribution is 2.25. The number of carbonyl (C=O) groups is 1. The lowest BCUT2D eigenvalue weighted by Gasteiger charge is -2.18. The Bertz CT molecular complexity index is 784. The molecule has 3 aromatic carbocycles. The smallest absolute Gasteiger partial charge is 0.232 e. The fourth-order valence-electron chi connectivity index (χ4n) is 3.10. The van der Waals surface area contributed by atoms with Crippen LogP contribution in [-0.2, 0) is 11.3 Å². The molecule has 0 heterocycles. The molecule has 0 fully saturated rings. The van der Waals surface area contributed by atoms with Gasteiger partial charge in [-0.05, 0) is 28.2 Å². The predicted molar refractivity (Wildman–Crippen MR) is 107 cm³/mol. The largest absolute Gasteiger partial charge is 0.351 e. The molecule has 0 aliphatic carbocycles. The second-order valence-electron chi connectivity index (χ2n) is 6.87. The van der Waals surface area contributed by atoms with Gasteiger partial charge in [0.15, 0.2) is 0 Å². The molecule has 0 atom stereocenters. The van der Waals surface area contributed by atoms with Crippen LogP contribution in [0.25, 0.3) is 0 Å². The zero-order chi connectivity index (χ0) is 18.4. The Morgan fingerprint density at radius 1 is 0.731 bits per heavy atom. The van der Waals surface area contributed by atoms with Crippen LogP contribution >= 0.6 is 0 Å². The third-order valence-electron chi connectivity index (χ3n) is 4.64. The van der Waals surface area contributed by atoms with E-state index in [1.54, 1.807) is 0 Å². The van der Waals surface area contributed by atoms with Gasteiger partial charge in [-0.15, -0.1) is 0 Å². The zero-order valence-electron chi connectivity index (χ0n) is 15.4. The van der Waals surface area contributed by atoms with Crippen molar-refractivity contribution in [3.8, 4) is 0 Å². The SMILES string of the molecule is CC(C)c1ccc(CNC(=O)C(c2ccccc2)c2ccccc2)cc1. The molecule has 0 aliphatic rings. The average Bonchev–Trinajstić information content (AvgIpc) is 2.68. The number of nitrogens with one attached hydrogen (secondary N) is 1. The summed E-state index contributed by atoms with van der Waals surface area (Å²) in [5, 5.41) is 3.11. The second kappa shape index (κ2) is 8.48. The van der Waals surface area contributed by atoms with Crippen molar-refractivity contribution in [3.63, 3.8) is 0 Å². The van der Waals surface area contributed by atoms with Gasteiger partial charge in [0.25, 0.3) is 0 Å². The maximum atomic E-state index is 13.0. The molecule has 3 rings (SSSR count). The molecule has 0 unspecified atom stereocenters. The minimum absolute atomic E-state index is 0.0235. The summed E-state index contributed by atoms with van der Waals surface area (Å²) < 4.78 is 0. The molecular weight excluding hydrogens is 318 g/mol. The maximum absolute atomic E-state index is 13.0. The van der Waals surface area contributed by atoms with Crippen molar-refractivity contribution in [2.24, 2.45) is 0 Å². The minimum atomic E-state index is -0.299. The summed E-state index contributed by atoms with van der Waals surface area (Å²) in [5.41, 5.74) is 4.44. The normalized spacial score (nSPS) is 10.9. The zero-order valence-corrected chi connectivity index (χ0v) is 15.4. The monoisotopic (exact) mass is 343 g/mol. The van der Waals surface area contributed by atoms with E-state index in [4.69, 9.17) is 0 Å². The van der Waals surface area contributed by atoms with Crippen LogP contribution < -0.4 is 5.32 Å². The molecule has 0 bridgehead atoms. The summed E-state index contributed by atoms with van der Waals surface area (Å²) in [6.45, 7) is 4.90. The molecule has 2 nitrogen and oxygen atoms in total. The van der Waals surface area contributed by atoms with Crippen molar-refractivity contribution in [3.05, 3.63) is 107 Å². The molecule has 1 amide bonds. The summed E-state index contributed by atoms with van der Waals surface area (Å²) in [4.78, 5) is 13.0. The van der Waals surface area contributed by atoms with E-state index in [0.717, 1.165) is 16.7 Å². The van der Waals surface area contributed by atoms with Gasteiger partial charge in [0.1, 0.15) is 0 Å². The van der Waals surface area contributed by atoms with Gasteiger partial charge in [-0.3, -0.25) is 4.79 Å². The van der Waals surface area contributed by atoms with E-state index in [2.05, 4.69) is 43.4 Å². The fourth-order valence-corrected chi connectivity index (χ4v) is 3.10. The fraction of sp³-hybridized carbons (Fsp3) is 0.208. The third-order valence-corrected chi connectivity index (χ3v) is 4.64. The predicted octanol–water partition coefficient (Wildman–Crippen LogP) is 5.26. The van der Waals surface area contributed by atoms with Crippen LogP contribution in [0.4, 0.5) is 0 Å². The highest BCUT2D eigenvalue weighted by atomic mass is 16.1. The van der Waals surface area contributed by atoms with Crippen LogP contribution in [-0.4, -0.2) is 5.91 Å². The number of carbonyl (C=O) groups excluding carboxylic acids is 1. The molecule has 2 heteroatoms. The number of hydrogen-bond donors (Lipinski definition) is 1. The Hall–Kier alpha value is -2.87. The minimum Gasteiger partial charge on any atom is -0.351 e. The highest BCUT2D eigenvalue weighted by Gasteiger charge is 2.22. The molecule has 0 aliphatic heterocycles. The molecule has 132 valence electrons. The summed E-state index contributed by atoms with van der Waals surface area (Å²) in [5.74, 6) is 0.238. The standard InChI is InChI=1S/C24H25NO/c1-18(2)20-15-13-19(14-16-20)17-25-24(26)23(21-9-5-3-6-10-21)22-11-7-4-8-12-22/h3-16,18,23H,17H2,1-2H3,(H,25,26). The average molecular weight is 343 g/mol. The molecule has 0 spiro atoms. The van der Waals surface area contributed by atoms with Crippen molar-refractivity contribution in [1.82, 2.24) is 5.32 Å². The molecule has 0 radical (unpaired) electrons. The Morgan fingerprint density at radius 2 is 1.23 bits per heavy atom. The Labute approximate surface area is 155 Å². The van der Waals surface area contributed by atoms with Gasteiger partial charge in [0, 0.05) is 6.54 Å². The highest BCUT2D eigenvalue weighted by molar-refractivity contribution is 5.87. The molecular formula is C24H25NO. The van der Waals surface area contributed by atoms with Crippen molar-refractivity contribution in [1.29, 1.82) is 0 Å². The molecule has 3 aromatic rings. The van der Waals surface area contributed by atoms with Gasteiger partial charge in [0.05, 0.1) is 5.92 Å². The topological polar surface area (TPSA) is 29.1 Å². The lowest BCUT2D eigenvalue weighted by Crippen LogP contribution is -2.29. The number of rotatable bonds is 6. The van der Waals surface area contributed by atoms with E-state index in [1.165, 1.54) is 5.56 Å². The quantitative estimate of drug-likeness (QED) is 0.650. The lowest BCUT2D eigenvalue weighted by molar-refractivity contribution is -0.121. The van der Waals surface area contributed by atoms with E-state index in [1.807, 2.05) is 60.7 Å². The van der Waals surface area contributed by atoms with E-state index in [9.17, 15) is 4.79 Å². The van der Waals surface area contributed by atoms with Gasteiger partial charge in [-0.1, -0.05) is 98.8 Å². The summed E-state index contributed by atoms with van der Waals surface area (Å²) in [6, 6.07) is 28.3.